The van der Waals surface area contributed by atoms with Crippen molar-refractivity contribution in [3.63, 3.8) is 0 Å². The van der Waals surface area contributed by atoms with Gasteiger partial charge in [-0.25, -0.2) is 0 Å². The third-order valence-electron chi connectivity index (χ3n) is 4.45. The Hall–Kier alpha value is -0.945. The highest BCUT2D eigenvalue weighted by molar-refractivity contribution is 14.1. The van der Waals surface area contributed by atoms with E-state index < -0.39 is 36.7 Å². The van der Waals surface area contributed by atoms with E-state index in [1.54, 1.807) is 22.9 Å². The Morgan fingerprint density at radius 3 is 2.38 bits per heavy atom. The number of hydrogen-bond donors (Lipinski definition) is 4. The first-order chi connectivity index (χ1) is 12.2. The molecule has 4 N–H and O–H groups in total. The fourth-order valence-electron chi connectivity index (χ4n) is 2.49. The lowest BCUT2D eigenvalue weighted by molar-refractivity contribution is -0.146. The van der Waals surface area contributed by atoms with E-state index in [4.69, 9.17) is 7.85 Å². The molecule has 144 valence electrons. The van der Waals surface area contributed by atoms with E-state index in [1.165, 1.54) is 17.1 Å². The van der Waals surface area contributed by atoms with Gasteiger partial charge in [0.1, 0.15) is 7.85 Å². The van der Waals surface area contributed by atoms with Crippen molar-refractivity contribution in [2.24, 2.45) is 5.41 Å². The van der Waals surface area contributed by atoms with Crippen LogP contribution in [0.25, 0.3) is 0 Å². The van der Waals surface area contributed by atoms with Crippen molar-refractivity contribution < 1.29 is 30.0 Å². The van der Waals surface area contributed by atoms with Crippen molar-refractivity contribution >= 4 is 42.5 Å². The highest BCUT2D eigenvalue weighted by Crippen LogP contribution is 2.28. The van der Waals surface area contributed by atoms with Crippen LogP contribution in [0.5, 0.6) is 0 Å². The maximum absolute atomic E-state index is 12.6. The number of hydrogen-bond acceptors (Lipinski definition) is 6. The molecule has 0 saturated carbocycles. The molecule has 1 aliphatic rings. The summed E-state index contributed by atoms with van der Waals surface area (Å²) in [5, 5.41) is 38.8. The molecule has 2 radical (unpaired) electrons. The fourth-order valence-corrected chi connectivity index (χ4v) is 3.66. The molecule has 0 bridgehead atoms. The molecule has 1 unspecified atom stereocenters. The molecule has 0 aromatic heterocycles. The zero-order valence-electron chi connectivity index (χ0n) is 14.5. The average Bonchev–Trinajstić information content (AvgIpc) is 3.06. The zero-order valence-corrected chi connectivity index (χ0v) is 16.6. The molecule has 26 heavy (non-hydrogen) atoms. The summed E-state index contributed by atoms with van der Waals surface area (Å²) in [4.78, 5) is 26.2. The van der Waals surface area contributed by atoms with Gasteiger partial charge in [0.05, 0.1) is 54.6 Å². The van der Waals surface area contributed by atoms with Gasteiger partial charge in [-0.1, -0.05) is 18.7 Å². The number of amides is 2. The molecule has 2 amide bonds. The molecule has 1 fully saturated rings. The lowest BCUT2D eigenvalue weighted by Gasteiger charge is -2.34. The second-order valence-electron chi connectivity index (χ2n) is 6.51. The molecule has 0 aromatic rings. The van der Waals surface area contributed by atoms with Crippen LogP contribution in [0.1, 0.15) is 12.8 Å². The van der Waals surface area contributed by atoms with Crippen LogP contribution < -0.4 is 0 Å². The fraction of sp³-hybridized carbons (Fsp3) is 0.625. The summed E-state index contributed by atoms with van der Waals surface area (Å²) >= 11 is 1.67. The topological polar surface area (TPSA) is 122 Å². The standard InChI is InChI=1S/C16H24BIN2O6/c1-2-12(17)3-4-13(24)19-6-5-16(26,8-19)14(25)20(18)7-15(9-21,10-22)11-23/h2-3,21-23,26H,1,4-11H2/b12-3-. The average molecular weight is 478 g/mol. The number of β-amino-alcohol motifs (C(OH)–C–C–N with tert-alkyl or cyclic N) is 1. The predicted molar refractivity (Wildman–Crippen MR) is 104 cm³/mol. The molecule has 1 atom stereocenters. The smallest absolute Gasteiger partial charge is 0.265 e. The normalized spacial score (nSPS) is 21.0. The van der Waals surface area contributed by atoms with E-state index in [1.807, 2.05) is 0 Å². The van der Waals surface area contributed by atoms with E-state index in [0.717, 1.165) is 3.11 Å². The Bertz CT molecular complexity index is 561. The maximum atomic E-state index is 12.6. The maximum Gasteiger partial charge on any atom is 0.265 e. The van der Waals surface area contributed by atoms with E-state index in [0.29, 0.717) is 5.47 Å². The van der Waals surface area contributed by atoms with Gasteiger partial charge >= 0.3 is 0 Å². The van der Waals surface area contributed by atoms with Crippen molar-refractivity contribution in [1.29, 1.82) is 0 Å². The third-order valence-corrected chi connectivity index (χ3v) is 5.23. The van der Waals surface area contributed by atoms with Crippen LogP contribution in [0.2, 0.25) is 0 Å². The number of carbonyl (C=O) groups is 2. The number of rotatable bonds is 9. The Morgan fingerprint density at radius 2 is 1.88 bits per heavy atom. The molecule has 1 rings (SSSR count). The molecular weight excluding hydrogens is 454 g/mol. The number of carbonyl (C=O) groups excluding carboxylic acids is 2. The first-order valence-electron chi connectivity index (χ1n) is 8.05. The van der Waals surface area contributed by atoms with Crippen LogP contribution in [0.15, 0.2) is 24.2 Å². The van der Waals surface area contributed by atoms with Crippen LogP contribution in [-0.2, 0) is 9.59 Å². The number of nitrogens with zero attached hydrogens (tertiary/aromatic N) is 2. The van der Waals surface area contributed by atoms with Crippen LogP contribution in [0.4, 0.5) is 0 Å². The van der Waals surface area contributed by atoms with Crippen LogP contribution >= 0.6 is 22.9 Å². The first-order valence-corrected chi connectivity index (χ1v) is 9.02. The third kappa shape index (κ3) is 5.52. The second kappa shape index (κ2) is 9.84. The molecule has 10 heteroatoms. The van der Waals surface area contributed by atoms with Crippen molar-refractivity contribution in [2.75, 3.05) is 39.5 Å². The number of aliphatic hydroxyl groups is 4. The van der Waals surface area contributed by atoms with E-state index in [9.17, 15) is 30.0 Å². The minimum absolute atomic E-state index is 0.0404. The summed E-state index contributed by atoms with van der Waals surface area (Å²) in [5.74, 6) is -0.914. The van der Waals surface area contributed by atoms with Gasteiger partial charge in [0.25, 0.3) is 5.91 Å². The molecule has 1 heterocycles. The van der Waals surface area contributed by atoms with Crippen LogP contribution in [-0.4, -0.2) is 93.2 Å². The zero-order chi connectivity index (χ0) is 20.0. The largest absolute Gasteiger partial charge is 0.396 e. The van der Waals surface area contributed by atoms with Gasteiger partial charge < -0.3 is 25.3 Å². The minimum Gasteiger partial charge on any atom is -0.396 e. The van der Waals surface area contributed by atoms with E-state index in [-0.39, 0.29) is 38.4 Å². The monoisotopic (exact) mass is 478 g/mol. The van der Waals surface area contributed by atoms with Crippen molar-refractivity contribution in [2.45, 2.75) is 18.4 Å². The molecule has 0 spiro atoms. The molecule has 8 nitrogen and oxygen atoms in total. The quantitative estimate of drug-likeness (QED) is 0.142. The Labute approximate surface area is 168 Å². The van der Waals surface area contributed by atoms with E-state index >= 15 is 0 Å². The van der Waals surface area contributed by atoms with Gasteiger partial charge in [-0.15, -0.1) is 5.47 Å². The van der Waals surface area contributed by atoms with Gasteiger partial charge in [0.15, 0.2) is 5.60 Å². The number of allylic oxidation sites excluding steroid dienone is 2. The van der Waals surface area contributed by atoms with Crippen molar-refractivity contribution in [3.8, 4) is 0 Å². The van der Waals surface area contributed by atoms with Crippen molar-refractivity contribution in [3.05, 3.63) is 24.2 Å². The number of halogens is 1. The summed E-state index contributed by atoms with van der Waals surface area (Å²) in [7, 11) is 5.56. The Kier molecular flexibility index (Phi) is 8.74. The molecule has 0 aliphatic carbocycles. The molecule has 0 aromatic carbocycles. The molecular formula is C16H24BIN2O6. The lowest BCUT2D eigenvalue weighted by Crippen LogP contribution is -2.52. The SMILES string of the molecule is [B]/C(C=C)=C\CC(=O)N1CCC(O)(C(=O)N(I)CC(CO)(CO)CO)C1. The highest BCUT2D eigenvalue weighted by atomic mass is 127. The van der Waals surface area contributed by atoms with Crippen molar-refractivity contribution in [1.82, 2.24) is 8.01 Å². The molecule has 1 saturated heterocycles. The van der Waals surface area contributed by atoms with Gasteiger partial charge in [0.2, 0.25) is 5.91 Å². The Balaban J connectivity index is 2.75. The highest BCUT2D eigenvalue weighted by Gasteiger charge is 2.47. The van der Waals surface area contributed by atoms with E-state index in [2.05, 4.69) is 6.58 Å². The van der Waals surface area contributed by atoms with Crippen LogP contribution in [0, 0.1) is 5.41 Å². The lowest BCUT2D eigenvalue weighted by atomic mass is 9.90. The summed E-state index contributed by atoms with van der Waals surface area (Å²) in [5.41, 5.74) is -2.65. The summed E-state index contributed by atoms with van der Waals surface area (Å²) in [6.07, 6.45) is 3.04. The van der Waals surface area contributed by atoms with Gasteiger partial charge in [-0.3, -0.25) is 12.7 Å². The van der Waals surface area contributed by atoms with Gasteiger partial charge in [-0.05, 0) is 0 Å². The minimum atomic E-state index is -1.75. The summed E-state index contributed by atoms with van der Waals surface area (Å²) < 4.78 is 1.13. The van der Waals surface area contributed by atoms with Gasteiger partial charge in [-0.2, -0.15) is 0 Å². The predicted octanol–water partition coefficient (Wildman–Crippen LogP) is -1.28. The number of aliphatic hydroxyl groups excluding tert-OH is 3. The van der Waals surface area contributed by atoms with Crippen LogP contribution in [0.3, 0.4) is 0 Å². The number of likely N-dealkylation sites (tertiary alicyclic amines) is 1. The van der Waals surface area contributed by atoms with Gasteiger partial charge in [0, 0.05) is 25.9 Å². The Morgan fingerprint density at radius 1 is 1.31 bits per heavy atom. The summed E-state index contributed by atoms with van der Waals surface area (Å²) in [6.45, 7) is 1.84. The molecule has 1 aliphatic heterocycles. The first kappa shape index (κ1) is 23.1. The summed E-state index contributed by atoms with van der Waals surface area (Å²) in [6, 6.07) is 0. The second-order valence-corrected chi connectivity index (χ2v) is 7.67.